The fourth-order valence-electron chi connectivity index (χ4n) is 2.25. The molecule has 1 aliphatic rings. The van der Waals surface area contributed by atoms with Crippen LogP contribution in [-0.2, 0) is 4.79 Å². The van der Waals surface area contributed by atoms with E-state index in [1.165, 1.54) is 0 Å². The van der Waals surface area contributed by atoms with Crippen LogP contribution in [0.25, 0.3) is 0 Å². The second kappa shape index (κ2) is 3.10. The van der Waals surface area contributed by atoms with E-state index in [1.807, 2.05) is 25.1 Å². The fraction of sp³-hybridized carbons (Fsp3) is 0.364. The Morgan fingerprint density at radius 2 is 2.29 bits per heavy atom. The highest BCUT2D eigenvalue weighted by atomic mass is 16.4. The number of carbonyl (C=O) groups is 1. The van der Waals surface area contributed by atoms with Gasteiger partial charge in [0.25, 0.3) is 0 Å². The van der Waals surface area contributed by atoms with Crippen LogP contribution in [0, 0.1) is 6.92 Å². The molecule has 0 fully saturated rings. The van der Waals surface area contributed by atoms with E-state index in [-0.39, 0.29) is 6.04 Å². The first-order valence-electron chi connectivity index (χ1n) is 4.69. The highest BCUT2D eigenvalue weighted by Crippen LogP contribution is 2.40. The molecule has 2 rings (SSSR count). The van der Waals surface area contributed by atoms with E-state index in [1.54, 1.807) is 0 Å². The lowest BCUT2D eigenvalue weighted by Gasteiger charge is -2.07. The molecule has 74 valence electrons. The Hall–Kier alpha value is -1.35. The van der Waals surface area contributed by atoms with Gasteiger partial charge < -0.3 is 10.8 Å². The van der Waals surface area contributed by atoms with E-state index >= 15 is 0 Å². The zero-order valence-corrected chi connectivity index (χ0v) is 8.03. The lowest BCUT2D eigenvalue weighted by molar-refractivity contribution is -0.138. The van der Waals surface area contributed by atoms with Gasteiger partial charge in [0, 0.05) is 6.04 Å². The topological polar surface area (TPSA) is 63.3 Å². The van der Waals surface area contributed by atoms with E-state index in [2.05, 4.69) is 0 Å². The predicted molar refractivity (Wildman–Crippen MR) is 53.1 cm³/mol. The van der Waals surface area contributed by atoms with Gasteiger partial charge >= 0.3 is 5.97 Å². The molecule has 0 aliphatic heterocycles. The summed E-state index contributed by atoms with van der Waals surface area (Å²) in [5.41, 5.74) is 8.93. The molecule has 1 aromatic carbocycles. The number of aliphatic carboxylic acids is 1. The molecule has 14 heavy (non-hydrogen) atoms. The fourth-order valence-corrected chi connectivity index (χ4v) is 2.25. The van der Waals surface area contributed by atoms with Crippen LogP contribution in [0.5, 0.6) is 0 Å². The van der Waals surface area contributed by atoms with Crippen molar-refractivity contribution in [1.29, 1.82) is 0 Å². The lowest BCUT2D eigenvalue weighted by Crippen LogP contribution is -2.10. The molecule has 0 heterocycles. The van der Waals surface area contributed by atoms with Crippen molar-refractivity contribution in [2.75, 3.05) is 0 Å². The predicted octanol–water partition coefficient (Wildman–Crippen LogP) is 1.57. The van der Waals surface area contributed by atoms with Crippen LogP contribution in [0.2, 0.25) is 0 Å². The maximum absolute atomic E-state index is 11.0. The largest absolute Gasteiger partial charge is 0.481 e. The van der Waals surface area contributed by atoms with Crippen molar-refractivity contribution in [2.24, 2.45) is 5.73 Å². The molecule has 0 amide bonds. The molecule has 0 bridgehead atoms. The summed E-state index contributed by atoms with van der Waals surface area (Å²) in [4.78, 5) is 11.0. The Kier molecular flexibility index (Phi) is 2.04. The summed E-state index contributed by atoms with van der Waals surface area (Å²) in [6.45, 7) is 1.98. The molecular formula is C11H13NO2. The summed E-state index contributed by atoms with van der Waals surface area (Å²) < 4.78 is 0. The summed E-state index contributed by atoms with van der Waals surface area (Å²) in [7, 11) is 0. The smallest absolute Gasteiger partial charge is 0.311 e. The summed E-state index contributed by atoms with van der Waals surface area (Å²) in [5, 5.41) is 9.01. The number of nitrogens with two attached hydrogens (primary N) is 1. The van der Waals surface area contributed by atoms with Crippen LogP contribution >= 0.6 is 0 Å². The normalized spacial score (nSPS) is 24.7. The zero-order chi connectivity index (χ0) is 10.3. The molecule has 0 saturated carbocycles. The van der Waals surface area contributed by atoms with Crippen LogP contribution in [-0.4, -0.2) is 11.1 Å². The highest BCUT2D eigenvalue weighted by molar-refractivity contribution is 5.78. The number of hydrogen-bond acceptors (Lipinski definition) is 2. The Morgan fingerprint density at radius 1 is 1.57 bits per heavy atom. The Morgan fingerprint density at radius 3 is 2.93 bits per heavy atom. The van der Waals surface area contributed by atoms with Gasteiger partial charge in [0.15, 0.2) is 0 Å². The summed E-state index contributed by atoms with van der Waals surface area (Å²) in [6, 6.07) is 5.62. The van der Waals surface area contributed by atoms with Crippen molar-refractivity contribution in [3.63, 3.8) is 0 Å². The third-order valence-electron chi connectivity index (χ3n) is 2.89. The van der Waals surface area contributed by atoms with E-state index < -0.39 is 11.9 Å². The van der Waals surface area contributed by atoms with Gasteiger partial charge in [-0.15, -0.1) is 0 Å². The van der Waals surface area contributed by atoms with Crippen LogP contribution in [0.15, 0.2) is 18.2 Å². The average Bonchev–Trinajstić information content (AvgIpc) is 2.45. The summed E-state index contributed by atoms with van der Waals surface area (Å²) in [6.07, 6.45) is 0.523. The Labute approximate surface area is 82.5 Å². The van der Waals surface area contributed by atoms with Gasteiger partial charge in [0.2, 0.25) is 0 Å². The minimum absolute atomic E-state index is 0.118. The Balaban J connectivity index is 2.55. The maximum atomic E-state index is 11.0. The molecule has 3 heteroatoms. The number of hydrogen-bond donors (Lipinski definition) is 2. The minimum atomic E-state index is -0.773. The number of aryl methyl sites for hydroxylation is 1. The van der Waals surface area contributed by atoms with Crippen LogP contribution < -0.4 is 5.73 Å². The molecule has 3 nitrogen and oxygen atoms in total. The first kappa shape index (κ1) is 9.21. The molecule has 0 saturated heterocycles. The first-order valence-corrected chi connectivity index (χ1v) is 4.69. The third kappa shape index (κ3) is 1.21. The first-order chi connectivity index (χ1) is 6.61. The van der Waals surface area contributed by atoms with Crippen LogP contribution in [0.3, 0.4) is 0 Å². The summed E-state index contributed by atoms with van der Waals surface area (Å²) in [5.74, 6) is -1.19. The lowest BCUT2D eigenvalue weighted by atomic mass is 9.99. The van der Waals surface area contributed by atoms with E-state index in [4.69, 9.17) is 10.8 Å². The highest BCUT2D eigenvalue weighted by Gasteiger charge is 2.34. The van der Waals surface area contributed by atoms with E-state index in [0.29, 0.717) is 6.42 Å². The van der Waals surface area contributed by atoms with Gasteiger partial charge in [-0.2, -0.15) is 0 Å². The molecule has 1 aliphatic carbocycles. The molecule has 3 N–H and O–H groups in total. The SMILES string of the molecule is Cc1cccc2c1C(N)CC2C(=O)O. The van der Waals surface area contributed by atoms with Gasteiger partial charge in [0.05, 0.1) is 5.92 Å². The second-order valence-electron chi connectivity index (χ2n) is 3.81. The molecule has 2 atom stereocenters. The molecular weight excluding hydrogens is 178 g/mol. The Bertz CT molecular complexity index is 387. The second-order valence-corrected chi connectivity index (χ2v) is 3.81. The molecule has 2 unspecified atom stereocenters. The monoisotopic (exact) mass is 191 g/mol. The van der Waals surface area contributed by atoms with Gasteiger partial charge in [0.1, 0.15) is 0 Å². The number of fused-ring (bicyclic) bond motifs is 1. The standard InChI is InChI=1S/C11H13NO2/c1-6-3-2-4-7-8(11(13)14)5-9(12)10(6)7/h2-4,8-9H,5,12H2,1H3,(H,13,14). The van der Waals surface area contributed by atoms with E-state index in [9.17, 15) is 4.79 Å². The van der Waals surface area contributed by atoms with Gasteiger partial charge in [-0.05, 0) is 30.0 Å². The van der Waals surface area contributed by atoms with Gasteiger partial charge in [-0.25, -0.2) is 0 Å². The van der Waals surface area contributed by atoms with Crippen molar-refractivity contribution in [2.45, 2.75) is 25.3 Å². The van der Waals surface area contributed by atoms with Crippen molar-refractivity contribution in [3.05, 3.63) is 34.9 Å². The van der Waals surface area contributed by atoms with Crippen molar-refractivity contribution >= 4 is 5.97 Å². The van der Waals surface area contributed by atoms with Crippen molar-refractivity contribution < 1.29 is 9.90 Å². The molecule has 0 spiro atoms. The average molecular weight is 191 g/mol. The quantitative estimate of drug-likeness (QED) is 0.708. The van der Waals surface area contributed by atoms with Crippen molar-refractivity contribution in [1.82, 2.24) is 0 Å². The minimum Gasteiger partial charge on any atom is -0.481 e. The molecule has 1 aromatic rings. The van der Waals surface area contributed by atoms with Gasteiger partial charge in [-0.1, -0.05) is 18.2 Å². The third-order valence-corrected chi connectivity index (χ3v) is 2.89. The molecule has 0 aromatic heterocycles. The van der Waals surface area contributed by atoms with Crippen molar-refractivity contribution in [3.8, 4) is 0 Å². The van der Waals surface area contributed by atoms with Crippen LogP contribution in [0.1, 0.15) is 35.1 Å². The zero-order valence-electron chi connectivity index (χ0n) is 8.03. The van der Waals surface area contributed by atoms with E-state index in [0.717, 1.165) is 16.7 Å². The van der Waals surface area contributed by atoms with Crippen LogP contribution in [0.4, 0.5) is 0 Å². The maximum Gasteiger partial charge on any atom is 0.311 e. The number of carboxylic acids is 1. The number of rotatable bonds is 1. The molecule has 0 radical (unpaired) electrons. The number of benzene rings is 1. The van der Waals surface area contributed by atoms with Gasteiger partial charge in [-0.3, -0.25) is 4.79 Å². The number of carboxylic acid groups (broad SMARTS) is 1. The summed E-state index contributed by atoms with van der Waals surface area (Å²) >= 11 is 0.